The fourth-order valence-electron chi connectivity index (χ4n) is 2.50. The summed E-state index contributed by atoms with van der Waals surface area (Å²) in [6.07, 6.45) is 3.11. The summed E-state index contributed by atoms with van der Waals surface area (Å²) >= 11 is 0. The van der Waals surface area contributed by atoms with E-state index in [0.29, 0.717) is 11.9 Å². The molecule has 0 radical (unpaired) electrons. The van der Waals surface area contributed by atoms with Crippen LogP contribution in [0.3, 0.4) is 0 Å². The number of carbonyl (C=O) groups is 1. The summed E-state index contributed by atoms with van der Waals surface area (Å²) < 4.78 is 6.48. The molecule has 0 aromatic carbocycles. The topological polar surface area (TPSA) is 26.3 Å². The van der Waals surface area contributed by atoms with E-state index >= 15 is 0 Å². The molecule has 0 saturated heterocycles. The summed E-state index contributed by atoms with van der Waals surface area (Å²) in [6.45, 7) is 15.6. The smallest absolute Gasteiger partial charge is 0.192 e. The van der Waals surface area contributed by atoms with Crippen molar-refractivity contribution >= 4 is 14.1 Å². The van der Waals surface area contributed by atoms with Crippen molar-refractivity contribution in [3.8, 4) is 0 Å². The summed E-state index contributed by atoms with van der Waals surface area (Å²) in [5, 5.41) is 0.249. The molecule has 0 aromatic heterocycles. The SMILES string of the molecule is CC[C@@H]1C[C@H](O[Si](C)(C)C(C)(C)C)C[C@H](C)C1=O. The molecule has 0 spiro atoms. The van der Waals surface area contributed by atoms with Gasteiger partial charge in [0.15, 0.2) is 8.32 Å². The lowest BCUT2D eigenvalue weighted by Gasteiger charge is -2.42. The van der Waals surface area contributed by atoms with Crippen LogP contribution in [0.5, 0.6) is 0 Å². The van der Waals surface area contributed by atoms with Crippen LogP contribution in [-0.4, -0.2) is 20.2 Å². The van der Waals surface area contributed by atoms with Gasteiger partial charge in [0.1, 0.15) is 5.78 Å². The van der Waals surface area contributed by atoms with Crippen molar-refractivity contribution < 1.29 is 9.22 Å². The summed E-state index contributed by atoms with van der Waals surface area (Å²) in [4.78, 5) is 12.0. The molecule has 106 valence electrons. The average Bonchev–Trinajstić information content (AvgIpc) is 2.21. The molecular weight excluding hydrogens is 240 g/mol. The van der Waals surface area contributed by atoms with E-state index in [2.05, 4.69) is 47.7 Å². The molecule has 1 fully saturated rings. The minimum absolute atomic E-state index is 0.179. The van der Waals surface area contributed by atoms with E-state index in [9.17, 15) is 4.79 Å². The van der Waals surface area contributed by atoms with E-state index in [1.807, 2.05) is 0 Å². The minimum Gasteiger partial charge on any atom is -0.414 e. The molecule has 1 aliphatic carbocycles. The first-order valence-electron chi connectivity index (χ1n) is 7.30. The first-order chi connectivity index (χ1) is 8.08. The summed E-state index contributed by atoms with van der Waals surface area (Å²) in [5.74, 6) is 0.856. The Labute approximate surface area is 114 Å². The highest BCUT2D eigenvalue weighted by atomic mass is 28.4. The summed E-state index contributed by atoms with van der Waals surface area (Å²) in [7, 11) is -1.70. The number of hydrogen-bond acceptors (Lipinski definition) is 2. The number of ketones is 1. The van der Waals surface area contributed by atoms with Gasteiger partial charge < -0.3 is 4.43 Å². The Kier molecular flexibility index (Phi) is 4.82. The van der Waals surface area contributed by atoms with Crippen molar-refractivity contribution in [2.75, 3.05) is 0 Å². The van der Waals surface area contributed by atoms with Gasteiger partial charge in [-0.3, -0.25) is 4.79 Å². The molecule has 0 N–H and O–H groups in total. The minimum atomic E-state index is -1.70. The Hall–Kier alpha value is -0.153. The Morgan fingerprint density at radius 2 is 1.83 bits per heavy atom. The lowest BCUT2D eigenvalue weighted by atomic mass is 9.78. The van der Waals surface area contributed by atoms with Crippen LogP contribution >= 0.6 is 0 Å². The van der Waals surface area contributed by atoms with Crippen LogP contribution in [0.2, 0.25) is 18.1 Å². The molecule has 3 atom stereocenters. The van der Waals surface area contributed by atoms with Gasteiger partial charge in [0.25, 0.3) is 0 Å². The second-order valence-corrected chi connectivity index (χ2v) is 12.1. The van der Waals surface area contributed by atoms with Crippen LogP contribution < -0.4 is 0 Å². The molecule has 0 unspecified atom stereocenters. The van der Waals surface area contributed by atoms with Gasteiger partial charge in [-0.1, -0.05) is 34.6 Å². The van der Waals surface area contributed by atoms with Crippen molar-refractivity contribution in [3.63, 3.8) is 0 Å². The molecule has 3 heteroatoms. The van der Waals surface area contributed by atoms with Crippen LogP contribution in [-0.2, 0) is 9.22 Å². The third-order valence-corrected chi connectivity index (χ3v) is 9.35. The zero-order valence-electron chi connectivity index (χ0n) is 13.2. The van der Waals surface area contributed by atoms with Crippen molar-refractivity contribution in [2.24, 2.45) is 11.8 Å². The highest BCUT2D eigenvalue weighted by molar-refractivity contribution is 6.74. The van der Waals surface area contributed by atoms with Crippen LogP contribution in [0.1, 0.15) is 53.9 Å². The Morgan fingerprint density at radius 3 is 2.28 bits per heavy atom. The van der Waals surface area contributed by atoms with Gasteiger partial charge in [-0.25, -0.2) is 0 Å². The summed E-state index contributed by atoms with van der Waals surface area (Å²) in [6, 6.07) is 0. The number of Topliss-reactive ketones (excluding diaryl/α,β-unsaturated/α-hetero) is 1. The third kappa shape index (κ3) is 3.44. The molecule has 0 heterocycles. The fourth-order valence-corrected chi connectivity index (χ4v) is 3.88. The Morgan fingerprint density at radius 1 is 1.28 bits per heavy atom. The van der Waals surface area contributed by atoms with E-state index in [1.165, 1.54) is 0 Å². The van der Waals surface area contributed by atoms with Crippen molar-refractivity contribution in [2.45, 2.75) is 78.1 Å². The first-order valence-corrected chi connectivity index (χ1v) is 10.2. The molecule has 1 rings (SSSR count). The van der Waals surface area contributed by atoms with Crippen LogP contribution in [0, 0.1) is 11.8 Å². The maximum Gasteiger partial charge on any atom is 0.192 e. The molecule has 1 saturated carbocycles. The Balaban J connectivity index is 2.72. The van der Waals surface area contributed by atoms with Gasteiger partial charge in [0.05, 0.1) is 0 Å². The molecule has 0 aliphatic heterocycles. The van der Waals surface area contributed by atoms with Crippen LogP contribution in [0.25, 0.3) is 0 Å². The Bertz CT molecular complexity index is 304. The normalized spacial score (nSPS) is 30.6. The molecule has 0 aromatic rings. The average molecular weight is 270 g/mol. The van der Waals surface area contributed by atoms with Gasteiger partial charge in [-0.2, -0.15) is 0 Å². The van der Waals surface area contributed by atoms with Gasteiger partial charge in [-0.05, 0) is 37.4 Å². The predicted octanol–water partition coefficient (Wildman–Crippen LogP) is 4.40. The number of carbonyl (C=O) groups excluding carboxylic acids is 1. The number of hydrogen-bond donors (Lipinski definition) is 0. The van der Waals surface area contributed by atoms with Crippen molar-refractivity contribution in [1.82, 2.24) is 0 Å². The molecule has 1 aliphatic rings. The highest BCUT2D eigenvalue weighted by Gasteiger charge is 2.42. The van der Waals surface area contributed by atoms with Crippen molar-refractivity contribution in [1.29, 1.82) is 0 Å². The second-order valence-electron chi connectivity index (χ2n) is 7.38. The predicted molar refractivity (Wildman–Crippen MR) is 79.3 cm³/mol. The first kappa shape index (κ1) is 15.9. The van der Waals surface area contributed by atoms with E-state index in [1.54, 1.807) is 0 Å². The lowest BCUT2D eigenvalue weighted by Crippen LogP contribution is -2.47. The maximum atomic E-state index is 12.0. The third-order valence-electron chi connectivity index (χ3n) is 4.81. The maximum absolute atomic E-state index is 12.0. The zero-order valence-corrected chi connectivity index (χ0v) is 14.2. The van der Waals surface area contributed by atoms with Crippen molar-refractivity contribution in [3.05, 3.63) is 0 Å². The van der Waals surface area contributed by atoms with Gasteiger partial charge >= 0.3 is 0 Å². The lowest BCUT2D eigenvalue weighted by molar-refractivity contribution is -0.131. The van der Waals surface area contributed by atoms with Gasteiger partial charge in [0, 0.05) is 17.9 Å². The molecule has 2 nitrogen and oxygen atoms in total. The number of rotatable bonds is 3. The van der Waals surface area contributed by atoms with E-state index in [4.69, 9.17) is 4.43 Å². The zero-order chi connectivity index (χ0) is 14.1. The van der Waals surface area contributed by atoms with E-state index < -0.39 is 8.32 Å². The molecule has 0 bridgehead atoms. The van der Waals surface area contributed by atoms with E-state index in [-0.39, 0.29) is 16.9 Å². The standard InChI is InChI=1S/C15H30O2Si/c1-8-12-10-13(9-11(2)14(12)16)17-18(6,7)15(3,4)5/h11-13H,8-10H2,1-7H3/t11-,12+,13+/m0/s1. The molecule has 0 amide bonds. The monoisotopic (exact) mass is 270 g/mol. The fraction of sp³-hybridized carbons (Fsp3) is 0.933. The van der Waals surface area contributed by atoms with Crippen LogP contribution in [0.15, 0.2) is 0 Å². The van der Waals surface area contributed by atoms with Gasteiger partial charge in [0.2, 0.25) is 0 Å². The summed E-state index contributed by atoms with van der Waals surface area (Å²) in [5.41, 5.74) is 0. The quantitative estimate of drug-likeness (QED) is 0.710. The van der Waals surface area contributed by atoms with Gasteiger partial charge in [-0.15, -0.1) is 0 Å². The van der Waals surface area contributed by atoms with Crippen LogP contribution in [0.4, 0.5) is 0 Å². The second kappa shape index (κ2) is 5.46. The molecular formula is C15H30O2Si. The largest absolute Gasteiger partial charge is 0.414 e. The highest BCUT2D eigenvalue weighted by Crippen LogP contribution is 2.40. The van der Waals surface area contributed by atoms with E-state index in [0.717, 1.165) is 19.3 Å². The molecule has 18 heavy (non-hydrogen) atoms.